The van der Waals surface area contributed by atoms with E-state index in [1.165, 1.54) is 11.4 Å². The van der Waals surface area contributed by atoms with Crippen LogP contribution < -0.4 is 14.8 Å². The van der Waals surface area contributed by atoms with Crippen LogP contribution in [0.2, 0.25) is 0 Å². The van der Waals surface area contributed by atoms with Crippen LogP contribution >= 0.6 is 0 Å². The Balaban J connectivity index is 1.84. The molecule has 0 aliphatic carbocycles. The predicted molar refractivity (Wildman–Crippen MR) is 124 cm³/mol. The van der Waals surface area contributed by atoms with E-state index in [0.29, 0.717) is 34.9 Å². The zero-order chi connectivity index (χ0) is 23.1. The van der Waals surface area contributed by atoms with Gasteiger partial charge in [0.25, 0.3) is 5.91 Å². The van der Waals surface area contributed by atoms with Crippen molar-refractivity contribution in [3.8, 4) is 11.5 Å². The number of hydrogen-bond donors (Lipinski definition) is 1. The number of amides is 1. The van der Waals surface area contributed by atoms with Gasteiger partial charge in [0.1, 0.15) is 11.5 Å². The van der Waals surface area contributed by atoms with E-state index in [9.17, 15) is 13.2 Å². The van der Waals surface area contributed by atoms with Gasteiger partial charge in [-0.15, -0.1) is 0 Å². The molecule has 0 saturated heterocycles. The van der Waals surface area contributed by atoms with Gasteiger partial charge >= 0.3 is 0 Å². The number of carbonyl (C=O) groups is 1. The molecular formula is C24H26N2O5S. The van der Waals surface area contributed by atoms with Crippen LogP contribution in [-0.2, 0) is 16.6 Å². The monoisotopic (exact) mass is 454 g/mol. The van der Waals surface area contributed by atoms with Crippen molar-refractivity contribution >= 4 is 21.6 Å². The van der Waals surface area contributed by atoms with Gasteiger partial charge in [-0.05, 0) is 61.5 Å². The minimum Gasteiger partial charge on any atom is -0.497 e. The molecular weight excluding hydrogens is 428 g/mol. The molecule has 0 aliphatic heterocycles. The summed E-state index contributed by atoms with van der Waals surface area (Å²) < 4.78 is 37.9. The van der Waals surface area contributed by atoms with Crippen molar-refractivity contribution in [1.29, 1.82) is 0 Å². The van der Waals surface area contributed by atoms with Crippen LogP contribution in [-0.4, -0.2) is 39.4 Å². The smallest absolute Gasteiger partial charge is 0.255 e. The Morgan fingerprint density at radius 1 is 1.00 bits per heavy atom. The van der Waals surface area contributed by atoms with Gasteiger partial charge in [0, 0.05) is 30.4 Å². The third-order valence-corrected chi connectivity index (χ3v) is 6.63. The maximum Gasteiger partial charge on any atom is 0.255 e. The molecule has 0 spiro atoms. The Hall–Kier alpha value is -3.36. The Labute approximate surface area is 188 Å². The van der Waals surface area contributed by atoms with Crippen LogP contribution in [0.25, 0.3) is 0 Å². The van der Waals surface area contributed by atoms with Crippen LogP contribution in [0, 0.1) is 0 Å². The number of hydrogen-bond acceptors (Lipinski definition) is 5. The molecule has 32 heavy (non-hydrogen) atoms. The topological polar surface area (TPSA) is 84.9 Å². The lowest BCUT2D eigenvalue weighted by molar-refractivity contribution is 0.102. The molecule has 3 rings (SSSR count). The SMILES string of the molecule is CCOc1ccc(C(=O)Nc2ccc(OC)cc2)cc1CN(C)S(=O)(=O)c1ccccc1. The lowest BCUT2D eigenvalue weighted by atomic mass is 10.1. The number of sulfonamides is 1. The Bertz CT molecular complexity index is 1160. The number of nitrogens with zero attached hydrogens (tertiary/aromatic N) is 1. The van der Waals surface area contributed by atoms with Gasteiger partial charge in [-0.1, -0.05) is 18.2 Å². The summed E-state index contributed by atoms with van der Waals surface area (Å²) in [5.74, 6) is 0.908. The van der Waals surface area contributed by atoms with Crippen molar-refractivity contribution < 1.29 is 22.7 Å². The molecule has 0 bridgehead atoms. The standard InChI is InChI=1S/C24H26N2O5S/c1-4-31-23-15-10-18(24(27)25-20-11-13-21(30-3)14-12-20)16-19(23)17-26(2)32(28,29)22-8-6-5-7-9-22/h5-16H,4,17H2,1-3H3,(H,25,27). The average molecular weight is 455 g/mol. The number of anilines is 1. The molecule has 0 saturated carbocycles. The third kappa shape index (κ3) is 5.46. The Morgan fingerprint density at radius 2 is 1.69 bits per heavy atom. The first-order valence-corrected chi connectivity index (χ1v) is 11.5. The van der Waals surface area contributed by atoms with Gasteiger partial charge in [0.05, 0.1) is 18.6 Å². The molecule has 0 aromatic heterocycles. The molecule has 0 fully saturated rings. The molecule has 3 aromatic rings. The second-order valence-corrected chi connectivity index (χ2v) is 9.06. The fourth-order valence-electron chi connectivity index (χ4n) is 3.12. The zero-order valence-electron chi connectivity index (χ0n) is 18.2. The second kappa shape index (κ2) is 10.3. The molecule has 8 heteroatoms. The summed E-state index contributed by atoms with van der Waals surface area (Å²) in [6.45, 7) is 2.31. The highest BCUT2D eigenvalue weighted by Crippen LogP contribution is 2.25. The fourth-order valence-corrected chi connectivity index (χ4v) is 4.29. The van der Waals surface area contributed by atoms with E-state index >= 15 is 0 Å². The van der Waals surface area contributed by atoms with E-state index in [1.54, 1.807) is 79.9 Å². The molecule has 0 atom stereocenters. The van der Waals surface area contributed by atoms with Crippen LogP contribution in [0.15, 0.2) is 77.7 Å². The van der Waals surface area contributed by atoms with Crippen molar-refractivity contribution in [1.82, 2.24) is 4.31 Å². The lowest BCUT2D eigenvalue weighted by Crippen LogP contribution is -2.27. The molecule has 168 valence electrons. The van der Waals surface area contributed by atoms with Gasteiger partial charge < -0.3 is 14.8 Å². The Morgan fingerprint density at radius 3 is 2.31 bits per heavy atom. The van der Waals surface area contributed by atoms with Gasteiger partial charge in [-0.2, -0.15) is 4.31 Å². The maximum absolute atomic E-state index is 12.9. The Kier molecular flexibility index (Phi) is 7.50. The van der Waals surface area contributed by atoms with Crippen LogP contribution in [0.5, 0.6) is 11.5 Å². The van der Waals surface area contributed by atoms with Gasteiger partial charge in [0.15, 0.2) is 0 Å². The van der Waals surface area contributed by atoms with Crippen molar-refractivity contribution in [3.05, 3.63) is 83.9 Å². The number of benzene rings is 3. The summed E-state index contributed by atoms with van der Waals surface area (Å²) in [6, 6.07) is 20.2. The van der Waals surface area contributed by atoms with Gasteiger partial charge in [0.2, 0.25) is 10.0 Å². The minimum absolute atomic E-state index is 0.0518. The number of carbonyl (C=O) groups excluding carboxylic acids is 1. The van der Waals surface area contributed by atoms with Crippen molar-refractivity contribution in [2.45, 2.75) is 18.4 Å². The highest BCUT2D eigenvalue weighted by Gasteiger charge is 2.22. The number of rotatable bonds is 9. The van der Waals surface area contributed by atoms with Crippen LogP contribution in [0.4, 0.5) is 5.69 Å². The number of methoxy groups -OCH3 is 1. The fraction of sp³-hybridized carbons (Fsp3) is 0.208. The summed E-state index contributed by atoms with van der Waals surface area (Å²) in [4.78, 5) is 13.0. The van der Waals surface area contributed by atoms with Gasteiger partial charge in [-0.25, -0.2) is 8.42 Å². The highest BCUT2D eigenvalue weighted by atomic mass is 32.2. The van der Waals surface area contributed by atoms with Crippen molar-refractivity contribution in [2.75, 3.05) is 26.1 Å². The summed E-state index contributed by atoms with van der Waals surface area (Å²) in [6.07, 6.45) is 0. The van der Waals surface area contributed by atoms with Gasteiger partial charge in [-0.3, -0.25) is 4.79 Å². The average Bonchev–Trinajstić information content (AvgIpc) is 2.81. The van der Waals surface area contributed by atoms with Crippen LogP contribution in [0.3, 0.4) is 0 Å². The molecule has 0 radical (unpaired) electrons. The molecule has 0 heterocycles. The van der Waals surface area contributed by atoms with E-state index in [-0.39, 0.29) is 17.3 Å². The number of nitrogens with one attached hydrogen (secondary N) is 1. The molecule has 1 N–H and O–H groups in total. The van der Waals surface area contributed by atoms with Crippen molar-refractivity contribution in [2.24, 2.45) is 0 Å². The normalized spacial score (nSPS) is 11.2. The molecule has 1 amide bonds. The van der Waals surface area contributed by atoms with Crippen LogP contribution in [0.1, 0.15) is 22.8 Å². The molecule has 0 aliphatic rings. The molecule has 7 nitrogen and oxygen atoms in total. The predicted octanol–water partition coefficient (Wildman–Crippen LogP) is 4.17. The first-order valence-electron chi connectivity index (χ1n) is 10.1. The molecule has 0 unspecified atom stereocenters. The molecule has 3 aromatic carbocycles. The summed E-state index contributed by atoms with van der Waals surface area (Å²) >= 11 is 0. The highest BCUT2D eigenvalue weighted by molar-refractivity contribution is 7.89. The first-order chi connectivity index (χ1) is 15.3. The summed E-state index contributed by atoms with van der Waals surface area (Å²) in [5.41, 5.74) is 1.61. The van der Waals surface area contributed by atoms with E-state index in [0.717, 1.165) is 0 Å². The van der Waals surface area contributed by atoms with E-state index in [1.807, 2.05) is 6.92 Å². The first kappa shape index (κ1) is 23.3. The van der Waals surface area contributed by atoms with E-state index < -0.39 is 10.0 Å². The maximum atomic E-state index is 12.9. The largest absolute Gasteiger partial charge is 0.497 e. The summed E-state index contributed by atoms with van der Waals surface area (Å²) in [5, 5.41) is 2.83. The van der Waals surface area contributed by atoms with Crippen molar-refractivity contribution in [3.63, 3.8) is 0 Å². The third-order valence-electron chi connectivity index (χ3n) is 4.81. The number of ether oxygens (including phenoxy) is 2. The lowest BCUT2D eigenvalue weighted by Gasteiger charge is -2.20. The van der Waals surface area contributed by atoms with E-state index in [2.05, 4.69) is 5.32 Å². The summed E-state index contributed by atoms with van der Waals surface area (Å²) in [7, 11) is -0.616. The minimum atomic E-state index is -3.69. The van der Waals surface area contributed by atoms with E-state index in [4.69, 9.17) is 9.47 Å². The quantitative estimate of drug-likeness (QED) is 0.525. The zero-order valence-corrected chi connectivity index (χ0v) is 19.1. The second-order valence-electron chi connectivity index (χ2n) is 7.01.